The van der Waals surface area contributed by atoms with Gasteiger partial charge in [-0.05, 0) is 43.1 Å². The van der Waals surface area contributed by atoms with Crippen molar-refractivity contribution in [1.82, 2.24) is 5.32 Å². The molecule has 1 aliphatic heterocycles. The lowest BCUT2D eigenvalue weighted by Gasteiger charge is -2.15. The predicted octanol–water partition coefficient (Wildman–Crippen LogP) is 1.70. The molecule has 3 N–H and O–H groups in total. The first-order chi connectivity index (χ1) is 7.81. The van der Waals surface area contributed by atoms with Crippen molar-refractivity contribution in [3.63, 3.8) is 0 Å². The van der Waals surface area contributed by atoms with E-state index >= 15 is 0 Å². The number of nitrogens with two attached hydrogens (primary N) is 1. The normalized spacial score (nSPS) is 16.0. The van der Waals surface area contributed by atoms with Crippen molar-refractivity contribution in [3.8, 4) is 0 Å². The number of halogens is 1. The third-order valence-electron chi connectivity index (χ3n) is 2.88. The Morgan fingerprint density at radius 1 is 1.38 bits per heavy atom. The minimum atomic E-state index is -0.126. The van der Waals surface area contributed by atoms with Crippen molar-refractivity contribution in [3.05, 3.63) is 41.2 Å². The lowest BCUT2D eigenvalue weighted by molar-refractivity contribution is 0.618. The summed E-state index contributed by atoms with van der Waals surface area (Å²) >= 11 is 0. The van der Waals surface area contributed by atoms with Gasteiger partial charge in [0.1, 0.15) is 5.82 Å². The summed E-state index contributed by atoms with van der Waals surface area (Å²) in [5.41, 5.74) is 8.27. The van der Waals surface area contributed by atoms with Gasteiger partial charge in [-0.3, -0.25) is 0 Å². The van der Waals surface area contributed by atoms with Gasteiger partial charge in [0.05, 0.1) is 0 Å². The zero-order valence-electron chi connectivity index (χ0n) is 9.30. The first kappa shape index (κ1) is 11.3. The molecule has 0 fully saturated rings. The highest BCUT2D eigenvalue weighted by Gasteiger charge is 2.10. The highest BCUT2D eigenvalue weighted by Crippen LogP contribution is 2.23. The molecule has 86 valence electrons. The van der Waals surface area contributed by atoms with E-state index in [1.54, 1.807) is 6.07 Å². The van der Waals surface area contributed by atoms with Crippen LogP contribution in [0.5, 0.6) is 0 Å². The summed E-state index contributed by atoms with van der Waals surface area (Å²) in [6.07, 6.45) is 3.69. The van der Waals surface area contributed by atoms with Crippen molar-refractivity contribution in [2.45, 2.75) is 12.8 Å². The molecule has 0 aliphatic carbocycles. The molecule has 0 saturated carbocycles. The Morgan fingerprint density at radius 3 is 2.88 bits per heavy atom. The summed E-state index contributed by atoms with van der Waals surface area (Å²) in [4.78, 5) is 0. The number of hydrogen-bond donors (Lipinski definition) is 2. The van der Waals surface area contributed by atoms with Crippen molar-refractivity contribution < 1.29 is 4.39 Å². The van der Waals surface area contributed by atoms with Crippen molar-refractivity contribution in [2.24, 2.45) is 5.73 Å². The number of nitrogens with one attached hydrogen (secondary N) is 1. The van der Waals surface area contributed by atoms with Gasteiger partial charge in [-0.15, -0.1) is 0 Å². The molecule has 0 aromatic heterocycles. The molecule has 0 saturated heterocycles. The molecule has 3 heteroatoms. The van der Waals surface area contributed by atoms with Gasteiger partial charge in [-0.2, -0.15) is 0 Å². The van der Waals surface area contributed by atoms with Crippen LogP contribution in [0.25, 0.3) is 5.57 Å². The second kappa shape index (κ2) is 5.23. The molecule has 1 aromatic carbocycles. The van der Waals surface area contributed by atoms with Gasteiger partial charge in [-0.25, -0.2) is 4.39 Å². The Kier molecular flexibility index (Phi) is 3.70. The zero-order chi connectivity index (χ0) is 11.4. The van der Waals surface area contributed by atoms with Crippen LogP contribution in [-0.4, -0.2) is 19.6 Å². The molecular weight excluding hydrogens is 203 g/mol. The van der Waals surface area contributed by atoms with Crippen LogP contribution >= 0.6 is 0 Å². The van der Waals surface area contributed by atoms with Crippen LogP contribution in [0.1, 0.15) is 17.5 Å². The minimum absolute atomic E-state index is 0.126. The monoisotopic (exact) mass is 220 g/mol. The van der Waals surface area contributed by atoms with E-state index < -0.39 is 0 Å². The molecule has 0 radical (unpaired) electrons. The fourth-order valence-electron chi connectivity index (χ4n) is 2.01. The number of hydrogen-bond acceptors (Lipinski definition) is 2. The minimum Gasteiger partial charge on any atom is -0.330 e. The van der Waals surface area contributed by atoms with Gasteiger partial charge in [0, 0.05) is 12.1 Å². The van der Waals surface area contributed by atoms with Gasteiger partial charge in [0.25, 0.3) is 0 Å². The maximum atomic E-state index is 13.9. The molecule has 2 rings (SSSR count). The van der Waals surface area contributed by atoms with E-state index in [2.05, 4.69) is 11.4 Å². The molecular formula is C13H17FN2. The fraction of sp³-hybridized carbons (Fsp3) is 0.385. The Balaban J connectivity index is 2.24. The van der Waals surface area contributed by atoms with E-state index in [1.807, 2.05) is 12.1 Å². The SMILES string of the molecule is NCCc1ccc(C2=CCNCC2)c(F)c1. The maximum absolute atomic E-state index is 13.9. The van der Waals surface area contributed by atoms with Crippen molar-refractivity contribution in [2.75, 3.05) is 19.6 Å². The average molecular weight is 220 g/mol. The summed E-state index contributed by atoms with van der Waals surface area (Å²) in [6.45, 7) is 2.32. The van der Waals surface area contributed by atoms with Gasteiger partial charge >= 0.3 is 0 Å². The summed E-state index contributed by atoms with van der Waals surface area (Å²) in [7, 11) is 0. The Bertz CT molecular complexity index is 399. The standard InChI is InChI=1S/C13H17FN2/c14-13-9-10(3-6-15)1-2-12(13)11-4-7-16-8-5-11/h1-2,4,9,16H,3,5-8,15H2. The molecule has 0 bridgehead atoms. The van der Waals surface area contributed by atoms with Gasteiger partial charge in [0.2, 0.25) is 0 Å². The van der Waals surface area contributed by atoms with E-state index in [-0.39, 0.29) is 5.82 Å². The summed E-state index contributed by atoms with van der Waals surface area (Å²) in [5, 5.41) is 3.22. The first-order valence-electron chi connectivity index (χ1n) is 5.70. The average Bonchev–Trinajstić information content (AvgIpc) is 2.31. The second-order valence-electron chi connectivity index (χ2n) is 4.04. The smallest absolute Gasteiger partial charge is 0.130 e. The highest BCUT2D eigenvalue weighted by atomic mass is 19.1. The molecule has 0 amide bonds. The number of rotatable bonds is 3. The summed E-state index contributed by atoms with van der Waals surface area (Å²) in [5.74, 6) is -0.126. The quantitative estimate of drug-likeness (QED) is 0.813. The first-order valence-corrected chi connectivity index (χ1v) is 5.70. The third-order valence-corrected chi connectivity index (χ3v) is 2.88. The summed E-state index contributed by atoms with van der Waals surface area (Å²) < 4.78 is 13.9. The van der Waals surface area contributed by atoms with E-state index in [0.29, 0.717) is 6.54 Å². The van der Waals surface area contributed by atoms with Crippen molar-refractivity contribution >= 4 is 5.57 Å². The van der Waals surface area contributed by atoms with E-state index in [4.69, 9.17) is 5.73 Å². The van der Waals surface area contributed by atoms with Crippen LogP contribution in [0.4, 0.5) is 4.39 Å². The molecule has 1 heterocycles. The molecule has 0 spiro atoms. The van der Waals surface area contributed by atoms with E-state index in [0.717, 1.165) is 42.6 Å². The fourth-order valence-corrected chi connectivity index (χ4v) is 2.01. The van der Waals surface area contributed by atoms with Crippen LogP contribution in [0, 0.1) is 5.82 Å². The van der Waals surface area contributed by atoms with E-state index in [9.17, 15) is 4.39 Å². The Labute approximate surface area is 95.3 Å². The Morgan fingerprint density at radius 2 is 2.25 bits per heavy atom. The molecule has 16 heavy (non-hydrogen) atoms. The molecule has 1 aliphatic rings. The van der Waals surface area contributed by atoms with Crippen LogP contribution < -0.4 is 11.1 Å². The zero-order valence-corrected chi connectivity index (χ0v) is 9.30. The molecule has 1 aromatic rings. The number of benzene rings is 1. The van der Waals surface area contributed by atoms with Crippen molar-refractivity contribution in [1.29, 1.82) is 0 Å². The van der Waals surface area contributed by atoms with Crippen LogP contribution in [0.15, 0.2) is 24.3 Å². The predicted molar refractivity (Wildman–Crippen MR) is 64.6 cm³/mol. The van der Waals surface area contributed by atoms with Crippen LogP contribution in [-0.2, 0) is 6.42 Å². The van der Waals surface area contributed by atoms with Gasteiger partial charge in [0.15, 0.2) is 0 Å². The lowest BCUT2D eigenvalue weighted by atomic mass is 9.98. The second-order valence-corrected chi connectivity index (χ2v) is 4.04. The lowest BCUT2D eigenvalue weighted by Crippen LogP contribution is -2.20. The highest BCUT2D eigenvalue weighted by molar-refractivity contribution is 5.67. The molecule has 0 unspecified atom stereocenters. The van der Waals surface area contributed by atoms with Crippen LogP contribution in [0.2, 0.25) is 0 Å². The molecule has 0 atom stereocenters. The summed E-state index contributed by atoms with van der Waals surface area (Å²) in [6, 6.07) is 5.44. The Hall–Kier alpha value is -1.19. The third kappa shape index (κ3) is 2.49. The molecule has 2 nitrogen and oxygen atoms in total. The van der Waals surface area contributed by atoms with Gasteiger partial charge in [-0.1, -0.05) is 18.2 Å². The van der Waals surface area contributed by atoms with Crippen LogP contribution in [0.3, 0.4) is 0 Å². The van der Waals surface area contributed by atoms with E-state index in [1.165, 1.54) is 0 Å². The van der Waals surface area contributed by atoms with Gasteiger partial charge < -0.3 is 11.1 Å². The maximum Gasteiger partial charge on any atom is 0.130 e. The largest absolute Gasteiger partial charge is 0.330 e. The topological polar surface area (TPSA) is 38.0 Å².